The summed E-state index contributed by atoms with van der Waals surface area (Å²) in [4.78, 5) is 18.7. The highest BCUT2D eigenvalue weighted by molar-refractivity contribution is 6.00. The summed E-state index contributed by atoms with van der Waals surface area (Å²) >= 11 is 0. The van der Waals surface area contributed by atoms with Crippen molar-refractivity contribution >= 4 is 16.8 Å². The number of methoxy groups -OCH3 is 2. The molecule has 1 aliphatic rings. The van der Waals surface area contributed by atoms with E-state index in [1.807, 2.05) is 36.1 Å². The molecule has 0 spiro atoms. The van der Waals surface area contributed by atoms with Crippen LogP contribution >= 0.6 is 0 Å². The number of benzene rings is 2. The lowest BCUT2D eigenvalue weighted by Crippen LogP contribution is -2.36. The first kappa shape index (κ1) is 18.2. The molecule has 6 heteroatoms. The van der Waals surface area contributed by atoms with Crippen LogP contribution in [0.4, 0.5) is 0 Å². The Bertz CT molecular complexity index is 1000. The van der Waals surface area contributed by atoms with Crippen LogP contribution in [-0.4, -0.2) is 43.2 Å². The Balaban J connectivity index is 1.70. The maximum absolute atomic E-state index is 13.3. The molecule has 0 radical (unpaired) electrons. The molecule has 0 fully saturated rings. The number of nitrogens with one attached hydrogen (secondary N) is 1. The fraction of sp³-hybridized carbons (Fsp3) is 0.318. The normalized spacial score (nSPS) is 13.3. The molecule has 0 unspecified atom stereocenters. The molecule has 1 aromatic heterocycles. The van der Waals surface area contributed by atoms with E-state index in [1.165, 1.54) is 5.69 Å². The first-order valence-corrected chi connectivity index (χ1v) is 9.42. The lowest BCUT2D eigenvalue weighted by Gasteiger charge is -2.28. The van der Waals surface area contributed by atoms with E-state index < -0.39 is 0 Å². The second-order valence-corrected chi connectivity index (χ2v) is 6.74. The molecule has 0 bridgehead atoms. The van der Waals surface area contributed by atoms with Crippen LogP contribution < -0.4 is 14.2 Å². The highest BCUT2D eigenvalue weighted by Crippen LogP contribution is 2.34. The number of ether oxygens (including phenoxy) is 3. The fourth-order valence-electron chi connectivity index (χ4n) is 3.84. The van der Waals surface area contributed by atoms with Crippen molar-refractivity contribution in [2.45, 2.75) is 19.9 Å². The van der Waals surface area contributed by atoms with Crippen LogP contribution in [0.2, 0.25) is 0 Å². The molecular formula is C22H24N2O4. The van der Waals surface area contributed by atoms with Crippen molar-refractivity contribution in [1.82, 2.24) is 9.88 Å². The molecular weight excluding hydrogens is 356 g/mol. The van der Waals surface area contributed by atoms with Gasteiger partial charge in [-0.15, -0.1) is 0 Å². The quantitative estimate of drug-likeness (QED) is 0.732. The smallest absolute Gasteiger partial charge is 0.261 e. The number of H-pyrrole nitrogens is 1. The summed E-state index contributed by atoms with van der Waals surface area (Å²) in [6, 6.07) is 11.4. The summed E-state index contributed by atoms with van der Waals surface area (Å²) in [6.07, 6.45) is 0.775. The number of fused-ring (bicyclic) bond motifs is 3. The molecule has 0 saturated carbocycles. The van der Waals surface area contributed by atoms with Crippen LogP contribution in [0.15, 0.2) is 36.4 Å². The van der Waals surface area contributed by atoms with Gasteiger partial charge in [-0.1, -0.05) is 6.07 Å². The van der Waals surface area contributed by atoms with Gasteiger partial charge in [0.15, 0.2) is 0 Å². The number of aromatic amines is 1. The van der Waals surface area contributed by atoms with E-state index in [-0.39, 0.29) is 5.91 Å². The molecule has 6 nitrogen and oxygen atoms in total. The zero-order valence-electron chi connectivity index (χ0n) is 16.4. The molecule has 146 valence electrons. The highest BCUT2D eigenvalue weighted by atomic mass is 16.5. The summed E-state index contributed by atoms with van der Waals surface area (Å²) in [5.74, 6) is 1.79. The number of aromatic nitrogens is 1. The van der Waals surface area contributed by atoms with Gasteiger partial charge in [0.2, 0.25) is 0 Å². The first-order chi connectivity index (χ1) is 13.7. The second kappa shape index (κ2) is 7.46. The molecule has 0 saturated heterocycles. The van der Waals surface area contributed by atoms with Gasteiger partial charge in [-0.2, -0.15) is 0 Å². The van der Waals surface area contributed by atoms with E-state index >= 15 is 0 Å². The number of rotatable bonds is 5. The van der Waals surface area contributed by atoms with Crippen molar-refractivity contribution in [2.24, 2.45) is 0 Å². The minimum absolute atomic E-state index is 0.0877. The van der Waals surface area contributed by atoms with Gasteiger partial charge < -0.3 is 24.1 Å². The van der Waals surface area contributed by atoms with Crippen LogP contribution in [-0.2, 0) is 13.0 Å². The van der Waals surface area contributed by atoms with Crippen molar-refractivity contribution in [3.8, 4) is 17.2 Å². The number of amides is 1. The summed E-state index contributed by atoms with van der Waals surface area (Å²) in [7, 11) is 3.13. The Morgan fingerprint density at radius 1 is 1.14 bits per heavy atom. The standard InChI is InChI=1S/C22H24N2O4/c1-4-28-14-8-9-17-15(12-14)16-13-24(11-10-18(16)23-17)22(25)21-19(26-2)6-5-7-20(21)27-3/h5-9,12,23H,4,10-11,13H2,1-3H3. The molecule has 4 rings (SSSR count). The topological polar surface area (TPSA) is 63.8 Å². The third kappa shape index (κ3) is 3.05. The van der Waals surface area contributed by atoms with Crippen LogP contribution in [0.25, 0.3) is 10.9 Å². The van der Waals surface area contributed by atoms with E-state index in [9.17, 15) is 4.79 Å². The number of hydrogen-bond acceptors (Lipinski definition) is 4. The SMILES string of the molecule is CCOc1ccc2[nH]c3c(c2c1)CN(C(=O)c1c(OC)cccc1OC)CC3. The van der Waals surface area contributed by atoms with Gasteiger partial charge in [-0.25, -0.2) is 0 Å². The average Bonchev–Trinajstić information content (AvgIpc) is 3.10. The number of hydrogen-bond donors (Lipinski definition) is 1. The third-order valence-electron chi connectivity index (χ3n) is 5.19. The predicted molar refractivity (Wildman–Crippen MR) is 107 cm³/mol. The number of nitrogens with zero attached hydrogens (tertiary/aromatic N) is 1. The summed E-state index contributed by atoms with van der Waals surface area (Å²) in [6.45, 7) is 3.76. The van der Waals surface area contributed by atoms with Gasteiger partial charge in [0.25, 0.3) is 5.91 Å². The molecule has 2 heterocycles. The van der Waals surface area contributed by atoms with Crippen molar-refractivity contribution in [2.75, 3.05) is 27.4 Å². The van der Waals surface area contributed by atoms with E-state index in [4.69, 9.17) is 14.2 Å². The molecule has 1 N–H and O–H groups in total. The van der Waals surface area contributed by atoms with E-state index in [0.717, 1.165) is 28.6 Å². The number of carbonyl (C=O) groups is 1. The largest absolute Gasteiger partial charge is 0.496 e. The van der Waals surface area contributed by atoms with Crippen molar-refractivity contribution in [3.63, 3.8) is 0 Å². The maximum atomic E-state index is 13.3. The fourth-order valence-corrected chi connectivity index (χ4v) is 3.84. The van der Waals surface area contributed by atoms with Gasteiger partial charge in [0.05, 0.1) is 20.8 Å². The van der Waals surface area contributed by atoms with Crippen molar-refractivity contribution in [3.05, 3.63) is 53.2 Å². The Labute approximate surface area is 164 Å². The van der Waals surface area contributed by atoms with Gasteiger partial charge in [0, 0.05) is 41.7 Å². The van der Waals surface area contributed by atoms with Crippen molar-refractivity contribution < 1.29 is 19.0 Å². The maximum Gasteiger partial charge on any atom is 0.261 e. The first-order valence-electron chi connectivity index (χ1n) is 9.42. The Morgan fingerprint density at radius 2 is 1.89 bits per heavy atom. The Morgan fingerprint density at radius 3 is 2.57 bits per heavy atom. The van der Waals surface area contributed by atoms with Gasteiger partial charge in [0.1, 0.15) is 22.8 Å². The molecule has 2 aromatic carbocycles. The van der Waals surface area contributed by atoms with Crippen molar-refractivity contribution in [1.29, 1.82) is 0 Å². The predicted octanol–water partition coefficient (Wildman–Crippen LogP) is 3.78. The van der Waals surface area contributed by atoms with E-state index in [1.54, 1.807) is 26.4 Å². The summed E-state index contributed by atoms with van der Waals surface area (Å²) in [5.41, 5.74) is 3.85. The second-order valence-electron chi connectivity index (χ2n) is 6.74. The highest BCUT2D eigenvalue weighted by Gasteiger charge is 2.28. The van der Waals surface area contributed by atoms with Crippen LogP contribution in [0.3, 0.4) is 0 Å². The Kier molecular flexibility index (Phi) is 4.86. The zero-order valence-corrected chi connectivity index (χ0v) is 16.4. The van der Waals surface area contributed by atoms with Crippen LogP contribution in [0.5, 0.6) is 17.2 Å². The van der Waals surface area contributed by atoms with Gasteiger partial charge in [-0.3, -0.25) is 4.79 Å². The zero-order chi connectivity index (χ0) is 19.7. The Hall–Kier alpha value is -3.15. The lowest BCUT2D eigenvalue weighted by molar-refractivity contribution is 0.0728. The van der Waals surface area contributed by atoms with Crippen LogP contribution in [0, 0.1) is 0 Å². The molecule has 28 heavy (non-hydrogen) atoms. The minimum atomic E-state index is -0.0877. The van der Waals surface area contributed by atoms with Gasteiger partial charge in [-0.05, 0) is 37.3 Å². The molecule has 0 aliphatic carbocycles. The molecule has 0 atom stereocenters. The average molecular weight is 380 g/mol. The molecule has 1 aliphatic heterocycles. The minimum Gasteiger partial charge on any atom is -0.496 e. The molecule has 3 aromatic rings. The van der Waals surface area contributed by atoms with E-state index in [2.05, 4.69) is 4.98 Å². The summed E-state index contributed by atoms with van der Waals surface area (Å²) in [5, 5.41) is 1.10. The van der Waals surface area contributed by atoms with Gasteiger partial charge >= 0.3 is 0 Å². The summed E-state index contributed by atoms with van der Waals surface area (Å²) < 4.78 is 16.5. The monoisotopic (exact) mass is 380 g/mol. The van der Waals surface area contributed by atoms with Crippen LogP contribution in [0.1, 0.15) is 28.5 Å². The lowest BCUT2D eigenvalue weighted by atomic mass is 10.0. The van der Waals surface area contributed by atoms with E-state index in [0.29, 0.717) is 36.8 Å². The third-order valence-corrected chi connectivity index (χ3v) is 5.19. The number of carbonyl (C=O) groups excluding carboxylic acids is 1. The molecule has 1 amide bonds.